The fourth-order valence-corrected chi connectivity index (χ4v) is 6.52. The van der Waals surface area contributed by atoms with E-state index in [9.17, 15) is 14.4 Å². The van der Waals surface area contributed by atoms with Gasteiger partial charge in [0.25, 0.3) is 0 Å². The van der Waals surface area contributed by atoms with Crippen molar-refractivity contribution in [1.29, 1.82) is 0 Å². The van der Waals surface area contributed by atoms with Gasteiger partial charge in [0.15, 0.2) is 6.10 Å². The number of carbonyl (C=O) groups excluding carboxylic acids is 3. The van der Waals surface area contributed by atoms with Crippen LogP contribution < -0.4 is 0 Å². The molecular formula is C63H96O6. The van der Waals surface area contributed by atoms with E-state index < -0.39 is 6.10 Å². The van der Waals surface area contributed by atoms with Gasteiger partial charge in [-0.1, -0.05) is 204 Å². The maximum atomic E-state index is 12.8. The molecule has 0 aliphatic carbocycles. The number of esters is 3. The lowest BCUT2D eigenvalue weighted by molar-refractivity contribution is -0.166. The summed E-state index contributed by atoms with van der Waals surface area (Å²) in [5, 5.41) is 0. The van der Waals surface area contributed by atoms with E-state index in [0.717, 1.165) is 116 Å². The average molecular weight is 949 g/mol. The van der Waals surface area contributed by atoms with Gasteiger partial charge >= 0.3 is 17.9 Å². The molecule has 0 saturated carbocycles. The van der Waals surface area contributed by atoms with Crippen molar-refractivity contribution in [3.05, 3.63) is 158 Å². The molecule has 0 aromatic carbocycles. The van der Waals surface area contributed by atoms with Gasteiger partial charge in [0.1, 0.15) is 13.2 Å². The second-order valence-electron chi connectivity index (χ2n) is 17.0. The van der Waals surface area contributed by atoms with Crippen LogP contribution in [-0.4, -0.2) is 37.2 Å². The second-order valence-corrected chi connectivity index (χ2v) is 17.0. The SMILES string of the molecule is CC/C=C\C/C=C\C/C=C\C/C=C\C/C=C\C/C=C\CCC(=O)OC[C@H](COC(=O)CCCC/C=C\C/C=C\C/C=C\CCCCC)OC(=O)CCCCCC/C=C\C/C=C\C/C=C\C/C=C\CC. The summed E-state index contributed by atoms with van der Waals surface area (Å²) in [6.07, 6.45) is 81.0. The lowest BCUT2D eigenvalue weighted by Gasteiger charge is -2.18. The van der Waals surface area contributed by atoms with Crippen LogP contribution in [0.2, 0.25) is 0 Å². The molecule has 0 radical (unpaired) electrons. The van der Waals surface area contributed by atoms with E-state index in [-0.39, 0.29) is 50.4 Å². The molecule has 0 aliphatic rings. The highest BCUT2D eigenvalue weighted by Crippen LogP contribution is 2.11. The number of hydrogen-bond donors (Lipinski definition) is 0. The molecule has 0 aromatic rings. The maximum absolute atomic E-state index is 12.8. The molecule has 0 amide bonds. The molecule has 6 nitrogen and oxygen atoms in total. The van der Waals surface area contributed by atoms with Crippen LogP contribution in [0.3, 0.4) is 0 Å². The Balaban J connectivity index is 4.64. The summed E-state index contributed by atoms with van der Waals surface area (Å²) in [4.78, 5) is 38.0. The first-order chi connectivity index (χ1) is 34.0. The van der Waals surface area contributed by atoms with E-state index in [1.165, 1.54) is 25.7 Å². The maximum Gasteiger partial charge on any atom is 0.306 e. The fraction of sp³-hybridized carbons (Fsp3) is 0.540. The van der Waals surface area contributed by atoms with Crippen LogP contribution in [0, 0.1) is 0 Å². The molecule has 0 N–H and O–H groups in total. The van der Waals surface area contributed by atoms with Gasteiger partial charge in [-0.15, -0.1) is 0 Å². The number of ether oxygens (including phenoxy) is 3. The van der Waals surface area contributed by atoms with Gasteiger partial charge in [-0.2, -0.15) is 0 Å². The first kappa shape index (κ1) is 64.0. The van der Waals surface area contributed by atoms with Gasteiger partial charge in [-0.3, -0.25) is 14.4 Å². The van der Waals surface area contributed by atoms with Gasteiger partial charge < -0.3 is 14.2 Å². The van der Waals surface area contributed by atoms with Crippen LogP contribution in [-0.2, 0) is 28.6 Å². The molecule has 0 aromatic heterocycles. The smallest absolute Gasteiger partial charge is 0.306 e. The molecule has 0 fully saturated rings. The number of unbranched alkanes of at least 4 members (excludes halogenated alkanes) is 9. The van der Waals surface area contributed by atoms with Crippen molar-refractivity contribution in [2.24, 2.45) is 0 Å². The minimum atomic E-state index is -0.845. The normalized spacial score (nSPS) is 13.4. The third-order valence-electron chi connectivity index (χ3n) is 10.5. The predicted octanol–water partition coefficient (Wildman–Crippen LogP) is 18.2. The highest BCUT2D eigenvalue weighted by molar-refractivity contribution is 5.71. The van der Waals surface area contributed by atoms with Gasteiger partial charge in [0.2, 0.25) is 0 Å². The Morgan fingerprint density at radius 1 is 0.304 bits per heavy atom. The van der Waals surface area contributed by atoms with E-state index in [2.05, 4.69) is 167 Å². The zero-order chi connectivity index (χ0) is 50.0. The Morgan fingerprint density at radius 3 is 0.986 bits per heavy atom. The lowest BCUT2D eigenvalue weighted by Crippen LogP contribution is -2.30. The molecule has 6 heteroatoms. The Hall–Kier alpha value is -4.97. The fourth-order valence-electron chi connectivity index (χ4n) is 6.52. The number of carbonyl (C=O) groups is 3. The Labute approximate surface area is 422 Å². The standard InChI is InChI=1S/C63H96O6/c1-4-7-10-13-16-19-22-25-28-30-31-33-35-38-41-44-47-50-53-56-62(65)68-59-60(58-67-61(64)55-52-49-46-43-40-37-34-27-24-21-18-15-12-9-6-3)69-63(66)57-54-51-48-45-42-39-36-32-29-26-23-20-17-14-11-8-5-2/h7-8,10-11,16-21,25-29,31,33-34,36,38-41,43,47,50,60H,4-6,9,12-15,22-24,30,32,35,37,42,44-46,48-49,51-59H2,1-3H3/b10-7-,11-8-,19-16-,20-17-,21-18-,28-25-,29-26-,33-31-,34-27-,39-36-,41-38-,43-40-,50-47-/t60-/m0/s1. The van der Waals surface area contributed by atoms with Crippen LogP contribution in [0.15, 0.2) is 158 Å². The van der Waals surface area contributed by atoms with Crippen molar-refractivity contribution in [3.8, 4) is 0 Å². The van der Waals surface area contributed by atoms with Crippen molar-refractivity contribution < 1.29 is 28.6 Å². The lowest BCUT2D eigenvalue weighted by atomic mass is 10.1. The highest BCUT2D eigenvalue weighted by atomic mass is 16.6. The Bertz CT molecular complexity index is 1610. The predicted molar refractivity (Wildman–Crippen MR) is 297 cm³/mol. The van der Waals surface area contributed by atoms with Gasteiger partial charge in [0, 0.05) is 19.3 Å². The molecule has 0 aliphatic heterocycles. The number of allylic oxidation sites excluding steroid dienone is 26. The minimum absolute atomic E-state index is 0.139. The molecule has 0 bridgehead atoms. The average Bonchev–Trinajstić information content (AvgIpc) is 3.35. The highest BCUT2D eigenvalue weighted by Gasteiger charge is 2.19. The molecule has 0 unspecified atom stereocenters. The Morgan fingerprint density at radius 2 is 0.594 bits per heavy atom. The minimum Gasteiger partial charge on any atom is -0.462 e. The molecule has 69 heavy (non-hydrogen) atoms. The largest absolute Gasteiger partial charge is 0.462 e. The summed E-state index contributed by atoms with van der Waals surface area (Å²) in [6, 6.07) is 0. The third-order valence-corrected chi connectivity index (χ3v) is 10.5. The first-order valence-electron chi connectivity index (χ1n) is 27.0. The van der Waals surface area contributed by atoms with Crippen LogP contribution in [0.25, 0.3) is 0 Å². The Kier molecular flexibility index (Phi) is 51.6. The van der Waals surface area contributed by atoms with E-state index in [0.29, 0.717) is 19.3 Å². The van der Waals surface area contributed by atoms with Gasteiger partial charge in [0.05, 0.1) is 0 Å². The molecule has 0 heterocycles. The molecule has 0 rings (SSSR count). The number of rotatable bonds is 46. The van der Waals surface area contributed by atoms with Crippen molar-refractivity contribution in [1.82, 2.24) is 0 Å². The van der Waals surface area contributed by atoms with Crippen molar-refractivity contribution in [2.45, 2.75) is 207 Å². The summed E-state index contributed by atoms with van der Waals surface area (Å²) in [5.74, 6) is -1.10. The molecule has 0 saturated heterocycles. The second kappa shape index (κ2) is 55.6. The van der Waals surface area contributed by atoms with E-state index >= 15 is 0 Å². The molecule has 1 atom stereocenters. The monoisotopic (exact) mass is 949 g/mol. The van der Waals surface area contributed by atoms with Crippen molar-refractivity contribution >= 4 is 17.9 Å². The van der Waals surface area contributed by atoms with Gasteiger partial charge in [-0.25, -0.2) is 0 Å². The van der Waals surface area contributed by atoms with Gasteiger partial charge in [-0.05, 0) is 135 Å². The third kappa shape index (κ3) is 53.8. The summed E-state index contributed by atoms with van der Waals surface area (Å²) in [7, 11) is 0. The molecule has 0 spiro atoms. The topological polar surface area (TPSA) is 78.9 Å². The first-order valence-corrected chi connectivity index (χ1v) is 27.0. The van der Waals surface area contributed by atoms with E-state index in [4.69, 9.17) is 14.2 Å². The molecular weight excluding hydrogens is 853 g/mol. The van der Waals surface area contributed by atoms with Crippen molar-refractivity contribution in [2.75, 3.05) is 13.2 Å². The summed E-state index contributed by atoms with van der Waals surface area (Å²) in [6.45, 7) is 6.24. The van der Waals surface area contributed by atoms with Crippen LogP contribution in [0.4, 0.5) is 0 Å². The summed E-state index contributed by atoms with van der Waals surface area (Å²) < 4.78 is 16.7. The zero-order valence-corrected chi connectivity index (χ0v) is 43.8. The number of hydrogen-bond acceptors (Lipinski definition) is 6. The molecule has 384 valence electrons. The van der Waals surface area contributed by atoms with E-state index in [1.54, 1.807) is 0 Å². The van der Waals surface area contributed by atoms with Crippen LogP contribution in [0.1, 0.15) is 201 Å². The van der Waals surface area contributed by atoms with Crippen molar-refractivity contribution in [3.63, 3.8) is 0 Å². The van der Waals surface area contributed by atoms with Crippen LogP contribution in [0.5, 0.6) is 0 Å². The van der Waals surface area contributed by atoms with Crippen LogP contribution >= 0.6 is 0 Å². The quantitative estimate of drug-likeness (QED) is 0.0262. The zero-order valence-electron chi connectivity index (χ0n) is 43.8. The summed E-state index contributed by atoms with van der Waals surface area (Å²) >= 11 is 0. The summed E-state index contributed by atoms with van der Waals surface area (Å²) in [5.41, 5.74) is 0. The van der Waals surface area contributed by atoms with E-state index in [1.807, 2.05) is 12.2 Å².